The summed E-state index contributed by atoms with van der Waals surface area (Å²) in [6.45, 7) is 1.38. The van der Waals surface area contributed by atoms with Gasteiger partial charge in [0.25, 0.3) is 5.56 Å². The average Bonchev–Trinajstić information content (AvgIpc) is 2.57. The van der Waals surface area contributed by atoms with Gasteiger partial charge in [0.05, 0.1) is 6.10 Å². The van der Waals surface area contributed by atoms with E-state index < -0.39 is 41.9 Å². The number of hydrogen-bond acceptors (Lipinski definition) is 6. The number of aromatic nitrogens is 2. The van der Waals surface area contributed by atoms with Crippen molar-refractivity contribution < 1.29 is 20.1 Å². The molecule has 8 heteroatoms. The topological polar surface area (TPSA) is 125 Å². The van der Waals surface area contributed by atoms with Gasteiger partial charge in [0.15, 0.2) is 6.23 Å². The second kappa shape index (κ2) is 4.65. The number of ether oxygens (including phenoxy) is 1. The van der Waals surface area contributed by atoms with Crippen molar-refractivity contribution in [2.24, 2.45) is 0 Å². The maximum Gasteiger partial charge on any atom is 0.330 e. The van der Waals surface area contributed by atoms with E-state index in [1.807, 2.05) is 0 Å². The van der Waals surface area contributed by atoms with Crippen LogP contribution in [0.25, 0.3) is 0 Å². The molecule has 0 amide bonds. The number of aromatic amines is 1. The van der Waals surface area contributed by atoms with Crippen LogP contribution < -0.4 is 11.2 Å². The van der Waals surface area contributed by atoms with E-state index in [1.165, 1.54) is 13.1 Å². The quantitative estimate of drug-likeness (QED) is 0.466. The second-order valence-corrected chi connectivity index (χ2v) is 4.20. The summed E-state index contributed by atoms with van der Waals surface area (Å²) in [5.74, 6) is 0. The third-order valence-electron chi connectivity index (χ3n) is 2.89. The molecule has 2 rings (SSSR count). The minimum absolute atomic E-state index is 0.663. The molecule has 18 heavy (non-hydrogen) atoms. The van der Waals surface area contributed by atoms with Crippen molar-refractivity contribution in [3.63, 3.8) is 0 Å². The summed E-state index contributed by atoms with van der Waals surface area (Å²) in [5, 5.41) is 28.8. The molecular weight excluding hydrogens is 244 g/mol. The van der Waals surface area contributed by atoms with E-state index >= 15 is 0 Å². The van der Waals surface area contributed by atoms with Crippen LogP contribution in [0.3, 0.4) is 0 Å². The lowest BCUT2D eigenvalue weighted by Crippen LogP contribution is -2.42. The van der Waals surface area contributed by atoms with E-state index in [1.54, 1.807) is 0 Å². The van der Waals surface area contributed by atoms with Gasteiger partial charge >= 0.3 is 5.69 Å². The molecule has 0 aliphatic carbocycles. The highest BCUT2D eigenvalue weighted by atomic mass is 16.6. The minimum Gasteiger partial charge on any atom is -0.391 e. The number of nitrogens with one attached hydrogen (secondary N) is 1. The molecule has 0 unspecified atom stereocenters. The van der Waals surface area contributed by atoms with Crippen molar-refractivity contribution in [2.75, 3.05) is 0 Å². The molecule has 0 saturated carbocycles. The lowest BCUT2D eigenvalue weighted by molar-refractivity contribution is -0.0814. The molecule has 0 spiro atoms. The number of aliphatic hydroxyl groups excluding tert-OH is 3. The molecule has 4 N–H and O–H groups in total. The summed E-state index contributed by atoms with van der Waals surface area (Å²) in [7, 11) is 0. The van der Waals surface area contributed by atoms with Crippen molar-refractivity contribution in [3.8, 4) is 0 Å². The Kier molecular flexibility index (Phi) is 3.35. The lowest BCUT2D eigenvalue weighted by Gasteiger charge is -2.17. The van der Waals surface area contributed by atoms with Gasteiger partial charge in [-0.3, -0.25) is 4.79 Å². The third kappa shape index (κ3) is 1.99. The fraction of sp³-hybridized carbons (Fsp3) is 0.600. The summed E-state index contributed by atoms with van der Waals surface area (Å²) in [6.07, 6.45) is -5.09. The maximum absolute atomic E-state index is 11.6. The molecule has 1 saturated heterocycles. The highest BCUT2D eigenvalue weighted by Crippen LogP contribution is 2.29. The van der Waals surface area contributed by atoms with Crippen LogP contribution >= 0.6 is 0 Å². The molecule has 1 aromatic rings. The molecule has 0 bridgehead atoms. The molecule has 1 aromatic heterocycles. The van der Waals surface area contributed by atoms with E-state index in [0.717, 1.165) is 6.07 Å². The second-order valence-electron chi connectivity index (χ2n) is 4.20. The van der Waals surface area contributed by atoms with E-state index in [4.69, 9.17) is 4.74 Å². The predicted molar refractivity (Wildman–Crippen MR) is 58.9 cm³/mol. The van der Waals surface area contributed by atoms with Crippen LogP contribution in [0.15, 0.2) is 21.9 Å². The number of nitrogens with zero attached hydrogens (tertiary/aromatic N) is 1. The van der Waals surface area contributed by atoms with Gasteiger partial charge in [0.2, 0.25) is 0 Å². The molecular formula is C10H14N2O6. The number of rotatable bonds is 2. The van der Waals surface area contributed by atoms with Crippen LogP contribution in [-0.4, -0.2) is 49.3 Å². The molecule has 1 aliphatic heterocycles. The van der Waals surface area contributed by atoms with Crippen molar-refractivity contribution in [1.29, 1.82) is 0 Å². The highest BCUT2D eigenvalue weighted by molar-refractivity contribution is 4.94. The lowest BCUT2D eigenvalue weighted by atomic mass is 10.1. The third-order valence-corrected chi connectivity index (χ3v) is 2.89. The van der Waals surface area contributed by atoms with Gasteiger partial charge in [0, 0.05) is 12.3 Å². The summed E-state index contributed by atoms with van der Waals surface area (Å²) >= 11 is 0. The van der Waals surface area contributed by atoms with Gasteiger partial charge in [-0.15, -0.1) is 0 Å². The first-order valence-electron chi connectivity index (χ1n) is 5.43. The fourth-order valence-corrected chi connectivity index (χ4v) is 1.97. The minimum atomic E-state index is -1.47. The molecule has 0 aromatic carbocycles. The zero-order chi connectivity index (χ0) is 13.4. The monoisotopic (exact) mass is 258 g/mol. The van der Waals surface area contributed by atoms with Crippen LogP contribution in [0.1, 0.15) is 13.2 Å². The Balaban J connectivity index is 2.41. The Morgan fingerprint density at radius 3 is 2.56 bits per heavy atom. The summed E-state index contributed by atoms with van der Waals surface area (Å²) in [4.78, 5) is 25.4. The fourth-order valence-electron chi connectivity index (χ4n) is 1.97. The summed E-state index contributed by atoms with van der Waals surface area (Å²) < 4.78 is 5.85. The molecule has 1 fully saturated rings. The van der Waals surface area contributed by atoms with Crippen LogP contribution in [0.4, 0.5) is 0 Å². The SMILES string of the molecule is C[C@@H](O)[C@H]1O[C@@H](n2c(=O)cc[nH]c2=O)[C@@H](O)[C@@H]1O. The standard InChI is InChI=1S/C10H14N2O6/c1-4(13)8-6(15)7(16)9(18-8)12-5(14)2-3-11-10(12)17/h2-4,6-9,13,15-16H,1H3,(H,11,17)/t4-,6+,7+,8-,9-/m1/s1. The number of hydrogen-bond donors (Lipinski definition) is 4. The van der Waals surface area contributed by atoms with E-state index in [-0.39, 0.29) is 0 Å². The van der Waals surface area contributed by atoms with Gasteiger partial charge < -0.3 is 25.0 Å². The van der Waals surface area contributed by atoms with E-state index in [2.05, 4.69) is 4.98 Å². The molecule has 2 heterocycles. The van der Waals surface area contributed by atoms with Gasteiger partial charge in [-0.2, -0.15) is 0 Å². The first kappa shape index (κ1) is 13.0. The zero-order valence-electron chi connectivity index (χ0n) is 9.56. The number of H-pyrrole nitrogens is 1. The predicted octanol–water partition coefficient (Wildman–Crippen LogP) is -2.46. The van der Waals surface area contributed by atoms with Gasteiger partial charge in [0.1, 0.15) is 18.3 Å². The van der Waals surface area contributed by atoms with Crippen molar-refractivity contribution in [2.45, 2.75) is 37.6 Å². The molecule has 8 nitrogen and oxygen atoms in total. The summed E-state index contributed by atoms with van der Waals surface area (Å²) in [5.41, 5.74) is -1.42. The smallest absolute Gasteiger partial charge is 0.330 e. The maximum atomic E-state index is 11.6. The highest BCUT2D eigenvalue weighted by Gasteiger charge is 2.46. The normalized spacial score (nSPS) is 33.6. The van der Waals surface area contributed by atoms with Gasteiger partial charge in [-0.1, -0.05) is 0 Å². The van der Waals surface area contributed by atoms with Gasteiger partial charge in [-0.05, 0) is 6.92 Å². The first-order chi connectivity index (χ1) is 8.43. The Labute approximate surface area is 101 Å². The van der Waals surface area contributed by atoms with Crippen molar-refractivity contribution in [1.82, 2.24) is 9.55 Å². The van der Waals surface area contributed by atoms with Crippen molar-refractivity contribution in [3.05, 3.63) is 33.1 Å². The zero-order valence-corrected chi connectivity index (χ0v) is 9.56. The first-order valence-corrected chi connectivity index (χ1v) is 5.43. The summed E-state index contributed by atoms with van der Waals surface area (Å²) in [6, 6.07) is 1.10. The Bertz CT molecular complexity index is 507. The molecule has 100 valence electrons. The molecule has 0 radical (unpaired) electrons. The molecule has 1 aliphatic rings. The molecule has 5 atom stereocenters. The Morgan fingerprint density at radius 1 is 1.39 bits per heavy atom. The number of aliphatic hydroxyl groups is 3. The van der Waals surface area contributed by atoms with Crippen LogP contribution in [0.5, 0.6) is 0 Å². The Morgan fingerprint density at radius 2 is 2.06 bits per heavy atom. The Hall–Kier alpha value is -1.48. The average molecular weight is 258 g/mol. The van der Waals surface area contributed by atoms with Crippen LogP contribution in [0, 0.1) is 0 Å². The largest absolute Gasteiger partial charge is 0.391 e. The van der Waals surface area contributed by atoms with Crippen LogP contribution in [0.2, 0.25) is 0 Å². The van der Waals surface area contributed by atoms with Crippen molar-refractivity contribution >= 4 is 0 Å². The van der Waals surface area contributed by atoms with Gasteiger partial charge in [-0.25, -0.2) is 9.36 Å². The van der Waals surface area contributed by atoms with E-state index in [9.17, 15) is 24.9 Å². The van der Waals surface area contributed by atoms with Crippen LogP contribution in [-0.2, 0) is 4.74 Å². The van der Waals surface area contributed by atoms with E-state index in [0.29, 0.717) is 4.57 Å².